The van der Waals surface area contributed by atoms with E-state index in [2.05, 4.69) is 26.0 Å². The molecule has 76 valence electrons. The first-order valence-electron chi connectivity index (χ1n) is 4.11. The predicted octanol–water partition coefficient (Wildman–Crippen LogP) is 4.10. The van der Waals surface area contributed by atoms with Crippen LogP contribution in [0.2, 0.25) is 0 Å². The molecule has 0 unspecified atom stereocenters. The van der Waals surface area contributed by atoms with Gasteiger partial charge in [-0.15, -0.1) is 38.2 Å². The summed E-state index contributed by atoms with van der Waals surface area (Å²) in [6, 6.07) is 0. The summed E-state index contributed by atoms with van der Waals surface area (Å²) in [5, 5.41) is 0. The van der Waals surface area contributed by atoms with E-state index in [1.807, 2.05) is 0 Å². The number of rotatable bonds is 3. The molecule has 0 saturated carbocycles. The molecule has 3 heteroatoms. The minimum absolute atomic E-state index is 0. The molecule has 0 amide bonds. The number of unbranched alkanes of at least 4 members (excludes halogenated alkanes) is 1. The largest absolute Gasteiger partial charge is 0.269 e. The summed E-state index contributed by atoms with van der Waals surface area (Å²) in [4.78, 5) is 0. The summed E-state index contributed by atoms with van der Waals surface area (Å²) in [5.74, 6) is 0. The van der Waals surface area contributed by atoms with Crippen molar-refractivity contribution in [2.75, 3.05) is 0 Å². The number of hydrogen-bond donors (Lipinski definition) is 0. The van der Waals surface area contributed by atoms with Gasteiger partial charge in [-0.25, -0.2) is 11.1 Å². The van der Waals surface area contributed by atoms with E-state index in [1.165, 1.54) is 30.4 Å². The molecule has 0 fully saturated rings. The van der Waals surface area contributed by atoms with Crippen molar-refractivity contribution in [1.29, 1.82) is 0 Å². The Bertz CT molecular complexity index is 174. The summed E-state index contributed by atoms with van der Waals surface area (Å²) in [6.45, 7) is 4.42. The van der Waals surface area contributed by atoms with E-state index in [0.717, 1.165) is 6.42 Å². The van der Waals surface area contributed by atoms with Crippen LogP contribution in [0.1, 0.15) is 39.5 Å². The van der Waals surface area contributed by atoms with E-state index in [9.17, 15) is 0 Å². The van der Waals surface area contributed by atoms with Gasteiger partial charge < -0.3 is 0 Å². The summed E-state index contributed by atoms with van der Waals surface area (Å²) < 4.78 is 0. The predicted molar refractivity (Wildman–Crippen MR) is 59.2 cm³/mol. The first kappa shape index (κ1) is 19.4. The quantitative estimate of drug-likeness (QED) is 0.526. The number of halogens is 2. The van der Waals surface area contributed by atoms with E-state index in [4.69, 9.17) is 0 Å². The van der Waals surface area contributed by atoms with Crippen molar-refractivity contribution in [2.24, 2.45) is 0 Å². The average Bonchev–Trinajstić information content (AvgIpc) is 2.31. The molecule has 0 nitrogen and oxygen atoms in total. The van der Waals surface area contributed by atoms with Crippen LogP contribution in [0.25, 0.3) is 0 Å². The van der Waals surface area contributed by atoms with E-state index in [1.54, 1.807) is 0 Å². The van der Waals surface area contributed by atoms with Crippen molar-refractivity contribution in [2.45, 2.75) is 39.5 Å². The summed E-state index contributed by atoms with van der Waals surface area (Å²) >= 11 is 0. The normalized spacial score (nSPS) is 13.1. The molecule has 0 N–H and O–H groups in total. The van der Waals surface area contributed by atoms with Crippen LogP contribution < -0.4 is 0 Å². The Morgan fingerprint density at radius 1 is 1.38 bits per heavy atom. The third-order valence-electron chi connectivity index (χ3n) is 1.98. The van der Waals surface area contributed by atoms with Gasteiger partial charge in [0.15, 0.2) is 0 Å². The van der Waals surface area contributed by atoms with Gasteiger partial charge in [0.1, 0.15) is 0 Å². The molecule has 0 bridgehead atoms. The standard InChI is InChI=1S/C10H15.2ClH.Ti/c1-3-4-7-10-8-5-6-9(10)2;;;/h6H,3-5,7H2,1-2H3;2*1H;/q-1;;;. The van der Waals surface area contributed by atoms with Gasteiger partial charge in [-0.05, 0) is 0 Å². The number of allylic oxidation sites excluding steroid dienone is 4. The van der Waals surface area contributed by atoms with Crippen molar-refractivity contribution < 1.29 is 21.7 Å². The van der Waals surface area contributed by atoms with E-state index in [-0.39, 0.29) is 46.5 Å². The van der Waals surface area contributed by atoms with Crippen LogP contribution in [0, 0.1) is 6.08 Å². The molecule has 0 aromatic heterocycles. The fraction of sp³-hybridized carbons (Fsp3) is 0.600. The molecule has 1 aliphatic carbocycles. The Labute approximate surface area is 109 Å². The SMILES string of the molecule is CCCCC1=[C-]CC=C1C.Cl.Cl.[Ti]. The second kappa shape index (κ2) is 10.9. The van der Waals surface area contributed by atoms with Gasteiger partial charge in [-0.2, -0.15) is 6.08 Å². The molecule has 13 heavy (non-hydrogen) atoms. The Balaban J connectivity index is -0.000000333. The molecular weight excluding hydrogens is 239 g/mol. The maximum atomic E-state index is 3.37. The van der Waals surface area contributed by atoms with Gasteiger partial charge in [-0.3, -0.25) is 6.08 Å². The van der Waals surface area contributed by atoms with Crippen LogP contribution in [-0.2, 0) is 21.7 Å². The monoisotopic (exact) mass is 255 g/mol. The number of hydrogen-bond acceptors (Lipinski definition) is 0. The third-order valence-corrected chi connectivity index (χ3v) is 1.98. The third kappa shape index (κ3) is 6.79. The van der Waals surface area contributed by atoms with E-state index < -0.39 is 0 Å². The zero-order valence-electron chi connectivity index (χ0n) is 8.22. The Hall–Kier alpha value is 0.774. The van der Waals surface area contributed by atoms with Gasteiger partial charge in [0, 0.05) is 21.7 Å². The molecule has 0 atom stereocenters. The van der Waals surface area contributed by atoms with Crippen LogP contribution >= 0.6 is 24.8 Å². The molecule has 0 aromatic rings. The zero-order chi connectivity index (χ0) is 7.40. The topological polar surface area (TPSA) is 0 Å². The van der Waals surface area contributed by atoms with Gasteiger partial charge >= 0.3 is 0 Å². The summed E-state index contributed by atoms with van der Waals surface area (Å²) in [5.41, 5.74) is 2.91. The second-order valence-corrected chi connectivity index (χ2v) is 2.85. The molecule has 1 rings (SSSR count). The van der Waals surface area contributed by atoms with Crippen LogP contribution in [0.4, 0.5) is 0 Å². The van der Waals surface area contributed by atoms with Crippen molar-refractivity contribution in [3.8, 4) is 0 Å². The molecule has 1 aliphatic rings. The summed E-state index contributed by atoms with van der Waals surface area (Å²) in [6.07, 6.45) is 10.5. The van der Waals surface area contributed by atoms with Crippen LogP contribution in [0.3, 0.4) is 0 Å². The fourth-order valence-electron chi connectivity index (χ4n) is 1.23. The Morgan fingerprint density at radius 3 is 2.38 bits per heavy atom. The van der Waals surface area contributed by atoms with E-state index >= 15 is 0 Å². The fourth-order valence-corrected chi connectivity index (χ4v) is 1.23. The first-order chi connectivity index (χ1) is 4.84. The second-order valence-electron chi connectivity index (χ2n) is 2.85. The van der Waals surface area contributed by atoms with Crippen molar-refractivity contribution in [1.82, 2.24) is 0 Å². The van der Waals surface area contributed by atoms with Crippen molar-refractivity contribution in [3.05, 3.63) is 23.3 Å². The molecule has 0 radical (unpaired) electrons. The smallest absolute Gasteiger partial charge is 0 e. The Morgan fingerprint density at radius 2 is 2.00 bits per heavy atom. The zero-order valence-corrected chi connectivity index (χ0v) is 11.4. The van der Waals surface area contributed by atoms with Gasteiger partial charge in [0.05, 0.1) is 0 Å². The Kier molecular flexibility index (Phi) is 16.2. The maximum Gasteiger partial charge on any atom is 0 e. The minimum atomic E-state index is 0. The molecular formula is C10H17Cl2Ti-. The molecule has 0 aliphatic heterocycles. The molecule has 0 aromatic carbocycles. The van der Waals surface area contributed by atoms with Gasteiger partial charge in [-0.1, -0.05) is 26.2 Å². The molecule has 0 heterocycles. The van der Waals surface area contributed by atoms with Crippen LogP contribution in [0.5, 0.6) is 0 Å². The maximum absolute atomic E-state index is 3.37. The van der Waals surface area contributed by atoms with Crippen LogP contribution in [0.15, 0.2) is 17.2 Å². The molecule has 0 saturated heterocycles. The molecule has 0 spiro atoms. The van der Waals surface area contributed by atoms with Gasteiger partial charge in [0.25, 0.3) is 0 Å². The van der Waals surface area contributed by atoms with Crippen molar-refractivity contribution >= 4 is 24.8 Å². The average molecular weight is 256 g/mol. The van der Waals surface area contributed by atoms with Crippen LogP contribution in [-0.4, -0.2) is 0 Å². The first-order valence-corrected chi connectivity index (χ1v) is 4.11. The summed E-state index contributed by atoms with van der Waals surface area (Å²) in [7, 11) is 0. The minimum Gasteiger partial charge on any atom is -0.269 e. The van der Waals surface area contributed by atoms with E-state index in [0.29, 0.717) is 0 Å². The van der Waals surface area contributed by atoms with Crippen molar-refractivity contribution in [3.63, 3.8) is 0 Å². The van der Waals surface area contributed by atoms with Gasteiger partial charge in [0.2, 0.25) is 0 Å².